The first-order chi connectivity index (χ1) is 9.45. The second-order valence-electron chi connectivity index (χ2n) is 4.67. The van der Waals surface area contributed by atoms with Crippen molar-refractivity contribution in [1.29, 1.82) is 0 Å². The van der Waals surface area contributed by atoms with Crippen LogP contribution in [0.15, 0.2) is 91.0 Å². The fourth-order valence-corrected chi connectivity index (χ4v) is 11.0. The summed E-state index contributed by atoms with van der Waals surface area (Å²) in [5.41, 5.74) is 0. The van der Waals surface area contributed by atoms with E-state index in [-0.39, 0.29) is 18.9 Å². The molecule has 0 saturated carbocycles. The Morgan fingerprint density at radius 3 is 0.900 bits per heavy atom. The molecule has 3 aromatic rings. The van der Waals surface area contributed by atoms with Crippen LogP contribution in [0.4, 0.5) is 0 Å². The Balaban J connectivity index is 0.00000147. The summed E-state index contributed by atoms with van der Waals surface area (Å²) in [6.07, 6.45) is 0. The zero-order valence-corrected chi connectivity index (χ0v) is 14.0. The van der Waals surface area contributed by atoms with Gasteiger partial charge in [-0.3, -0.25) is 0 Å². The van der Waals surface area contributed by atoms with Crippen LogP contribution >= 0.6 is 0 Å². The van der Waals surface area contributed by atoms with Gasteiger partial charge in [0.2, 0.25) is 0 Å². The Labute approximate surface area is 139 Å². The maximum atomic E-state index is 2.29. The standard InChI is InChI=1S/3C6H5.Li.Sn.2H/c3*1-2-4-6-5-3-1;;;;/h3*1-5H;;;;. The molecule has 0 nitrogen and oxygen atoms in total. The monoisotopic (exact) mass is 360 g/mol. The molecule has 0 atom stereocenters. The molecule has 3 aromatic carbocycles. The van der Waals surface area contributed by atoms with Crippen LogP contribution in [0.25, 0.3) is 0 Å². The van der Waals surface area contributed by atoms with Gasteiger partial charge in [-0.1, -0.05) is 0 Å². The Kier molecular flexibility index (Phi) is 5.97. The fraction of sp³-hybridized carbons (Fsp3) is 0. The van der Waals surface area contributed by atoms with Gasteiger partial charge in [0.1, 0.15) is 0 Å². The van der Waals surface area contributed by atoms with Crippen LogP contribution in [-0.2, 0) is 0 Å². The van der Waals surface area contributed by atoms with Crippen LogP contribution in [0.5, 0.6) is 0 Å². The summed E-state index contributed by atoms with van der Waals surface area (Å²) in [6.45, 7) is 0. The molecule has 94 valence electrons. The third-order valence-corrected chi connectivity index (χ3v) is 12.4. The molecule has 0 fully saturated rings. The molecular weight excluding hydrogens is 342 g/mol. The zero-order valence-electron chi connectivity index (χ0n) is 10.7. The van der Waals surface area contributed by atoms with Gasteiger partial charge in [0.05, 0.1) is 0 Å². The van der Waals surface area contributed by atoms with Gasteiger partial charge in [-0.05, 0) is 0 Å². The van der Waals surface area contributed by atoms with Crippen molar-refractivity contribution in [2.24, 2.45) is 0 Å². The molecule has 0 amide bonds. The van der Waals surface area contributed by atoms with Gasteiger partial charge in [0.25, 0.3) is 0 Å². The van der Waals surface area contributed by atoms with Crippen molar-refractivity contribution in [2.75, 3.05) is 0 Å². The van der Waals surface area contributed by atoms with Crippen LogP contribution in [0, 0.1) is 0 Å². The van der Waals surface area contributed by atoms with Crippen molar-refractivity contribution in [3.8, 4) is 0 Å². The molecule has 0 bridgehead atoms. The van der Waals surface area contributed by atoms with Gasteiger partial charge in [-0.15, -0.1) is 0 Å². The maximum absolute atomic E-state index is 2.29. The third kappa shape index (κ3) is 3.58. The summed E-state index contributed by atoms with van der Waals surface area (Å²) in [6, 6.07) is 33.0. The van der Waals surface area contributed by atoms with Crippen molar-refractivity contribution in [2.45, 2.75) is 0 Å². The summed E-state index contributed by atoms with van der Waals surface area (Å²) in [5.74, 6) is 0. The van der Waals surface area contributed by atoms with Crippen molar-refractivity contribution in [3.63, 3.8) is 0 Å². The number of benzene rings is 3. The number of rotatable bonds is 3. The average Bonchev–Trinajstić information content (AvgIpc) is 2.51. The van der Waals surface area contributed by atoms with Crippen molar-refractivity contribution < 1.29 is 0 Å². The quantitative estimate of drug-likeness (QED) is 0.619. The summed E-state index contributed by atoms with van der Waals surface area (Å²) in [4.78, 5) is 0. The van der Waals surface area contributed by atoms with Crippen molar-refractivity contribution in [3.05, 3.63) is 91.0 Å². The number of hydrogen-bond acceptors (Lipinski definition) is 0. The van der Waals surface area contributed by atoms with Crippen LogP contribution in [0.2, 0.25) is 0 Å². The van der Waals surface area contributed by atoms with Gasteiger partial charge >= 0.3 is 140 Å². The van der Waals surface area contributed by atoms with Gasteiger partial charge in [0, 0.05) is 0 Å². The molecule has 2 heteroatoms. The first-order valence-corrected chi connectivity index (χ1v) is 11.5. The van der Waals surface area contributed by atoms with E-state index in [4.69, 9.17) is 0 Å². The first kappa shape index (κ1) is 15.4. The normalized spacial score (nSPS) is 10.1. The van der Waals surface area contributed by atoms with Crippen LogP contribution < -0.4 is 10.7 Å². The molecule has 0 spiro atoms. The average molecular weight is 359 g/mol. The summed E-state index contributed by atoms with van der Waals surface area (Å²) >= 11 is -2.14. The van der Waals surface area contributed by atoms with Gasteiger partial charge in [-0.25, -0.2) is 0 Å². The van der Waals surface area contributed by atoms with Crippen LogP contribution in [0.3, 0.4) is 0 Å². The second kappa shape index (κ2) is 7.74. The minimum atomic E-state index is -2.14. The zero-order chi connectivity index (χ0) is 12.9. The molecule has 0 unspecified atom stereocenters. The molecule has 20 heavy (non-hydrogen) atoms. The van der Waals surface area contributed by atoms with E-state index in [1.807, 2.05) is 0 Å². The molecular formula is C18H17LiSn. The van der Waals surface area contributed by atoms with E-state index in [1.165, 1.54) is 0 Å². The van der Waals surface area contributed by atoms with Gasteiger partial charge < -0.3 is 0 Å². The topological polar surface area (TPSA) is 0 Å². The summed E-state index contributed by atoms with van der Waals surface area (Å²) in [7, 11) is 0. The van der Waals surface area contributed by atoms with Gasteiger partial charge in [-0.2, -0.15) is 0 Å². The van der Waals surface area contributed by atoms with Crippen molar-refractivity contribution >= 4 is 49.4 Å². The van der Waals surface area contributed by atoms with E-state index in [0.717, 1.165) is 0 Å². The Bertz CT molecular complexity index is 529. The van der Waals surface area contributed by atoms with E-state index in [1.54, 1.807) is 10.7 Å². The minimum absolute atomic E-state index is 0. The van der Waals surface area contributed by atoms with Crippen LogP contribution in [0.1, 0.15) is 0 Å². The van der Waals surface area contributed by atoms with E-state index in [0.29, 0.717) is 0 Å². The molecule has 0 aromatic heterocycles. The molecule has 0 aliphatic rings. The second-order valence-corrected chi connectivity index (χ2v) is 12.8. The third-order valence-electron chi connectivity index (χ3n) is 3.40. The molecule has 0 saturated heterocycles. The fourth-order valence-electron chi connectivity index (χ4n) is 2.51. The molecule has 0 aliphatic carbocycles. The number of hydrogen-bond donors (Lipinski definition) is 0. The first-order valence-electron chi connectivity index (χ1n) is 6.60. The molecule has 0 heterocycles. The van der Waals surface area contributed by atoms with E-state index in [9.17, 15) is 0 Å². The predicted molar refractivity (Wildman–Crippen MR) is 92.5 cm³/mol. The van der Waals surface area contributed by atoms with E-state index in [2.05, 4.69) is 91.0 Å². The molecule has 0 aliphatic heterocycles. The molecule has 3 rings (SSSR count). The van der Waals surface area contributed by atoms with E-state index < -0.39 is 19.8 Å². The molecule has 0 N–H and O–H groups in total. The summed E-state index contributed by atoms with van der Waals surface area (Å²) in [5, 5.41) is 0. The van der Waals surface area contributed by atoms with Crippen LogP contribution in [-0.4, -0.2) is 38.6 Å². The predicted octanol–water partition coefficient (Wildman–Crippen LogP) is 1.29. The summed E-state index contributed by atoms with van der Waals surface area (Å²) < 4.78 is 4.63. The SMILES string of the molecule is [LiH].c1cc[c]([SnH]([c]2ccccc2)[c]2ccccc2)cc1. The Morgan fingerprint density at radius 1 is 0.400 bits per heavy atom. The van der Waals surface area contributed by atoms with Gasteiger partial charge in [0.15, 0.2) is 0 Å². The van der Waals surface area contributed by atoms with E-state index >= 15 is 0 Å². The Hall–Kier alpha value is -0.944. The molecule has 0 radical (unpaired) electrons. The van der Waals surface area contributed by atoms with Crippen molar-refractivity contribution in [1.82, 2.24) is 0 Å². The Morgan fingerprint density at radius 2 is 0.650 bits per heavy atom.